The number of ether oxygens (including phenoxy) is 2. The van der Waals surface area contributed by atoms with Crippen molar-refractivity contribution in [2.45, 2.75) is 13.0 Å². The van der Waals surface area contributed by atoms with Crippen LogP contribution < -0.4 is 15.2 Å². The highest BCUT2D eigenvalue weighted by atomic mass is 16.5. The largest absolute Gasteiger partial charge is 0.497 e. The number of benzene rings is 1. The number of fused-ring (bicyclic) bond motifs is 1. The third-order valence-corrected chi connectivity index (χ3v) is 5.03. The van der Waals surface area contributed by atoms with E-state index in [1.165, 1.54) is 0 Å². The molecule has 0 aliphatic carbocycles. The number of hydrogen-bond donors (Lipinski definition) is 1. The van der Waals surface area contributed by atoms with Crippen LogP contribution >= 0.6 is 0 Å². The lowest BCUT2D eigenvalue weighted by molar-refractivity contribution is 0.0720. The van der Waals surface area contributed by atoms with Crippen LogP contribution in [0.3, 0.4) is 0 Å². The summed E-state index contributed by atoms with van der Waals surface area (Å²) in [6.07, 6.45) is 2.42. The van der Waals surface area contributed by atoms with Crippen LogP contribution in [-0.4, -0.2) is 51.3 Å². The van der Waals surface area contributed by atoms with Gasteiger partial charge in [-0.3, -0.25) is 9.48 Å². The molecular weight excluding hydrogens is 372 g/mol. The minimum absolute atomic E-state index is 0.115. The van der Waals surface area contributed by atoms with Crippen molar-refractivity contribution in [3.8, 4) is 22.8 Å². The molecule has 1 amide bonds. The molecule has 2 aromatic heterocycles. The van der Waals surface area contributed by atoms with Crippen molar-refractivity contribution in [1.82, 2.24) is 24.6 Å². The molecule has 9 nitrogen and oxygen atoms in total. The Balaban J connectivity index is 1.64. The van der Waals surface area contributed by atoms with Gasteiger partial charge in [-0.25, -0.2) is 9.97 Å². The zero-order valence-electron chi connectivity index (χ0n) is 16.5. The van der Waals surface area contributed by atoms with E-state index in [0.29, 0.717) is 42.4 Å². The van der Waals surface area contributed by atoms with Crippen molar-refractivity contribution in [2.75, 3.05) is 26.5 Å². The van der Waals surface area contributed by atoms with Gasteiger partial charge in [0.1, 0.15) is 17.2 Å². The lowest BCUT2D eigenvalue weighted by Crippen LogP contribution is -2.37. The van der Waals surface area contributed by atoms with Crippen molar-refractivity contribution in [2.24, 2.45) is 7.05 Å². The van der Waals surface area contributed by atoms with Crippen LogP contribution in [0.4, 0.5) is 5.95 Å². The number of nitrogens with zero attached hydrogens (tertiary/aromatic N) is 5. The molecule has 2 N–H and O–H groups in total. The zero-order valence-corrected chi connectivity index (χ0v) is 16.5. The minimum atomic E-state index is -0.115. The highest BCUT2D eigenvalue weighted by molar-refractivity contribution is 5.94. The summed E-state index contributed by atoms with van der Waals surface area (Å²) in [5.74, 6) is 1.44. The van der Waals surface area contributed by atoms with Crippen LogP contribution in [0, 0.1) is 0 Å². The van der Waals surface area contributed by atoms with Gasteiger partial charge in [-0.2, -0.15) is 5.10 Å². The maximum Gasteiger partial charge on any atom is 0.272 e. The third-order valence-electron chi connectivity index (χ3n) is 5.03. The Kier molecular flexibility index (Phi) is 4.79. The maximum absolute atomic E-state index is 13.2. The molecule has 150 valence electrons. The maximum atomic E-state index is 13.2. The molecule has 29 heavy (non-hydrogen) atoms. The van der Waals surface area contributed by atoms with E-state index in [-0.39, 0.29) is 11.9 Å². The SMILES string of the molecule is COc1ccc(OC)c(-c2cc(C(=O)N3CCc4cnc(N)nc4C3)n(C)n2)c1. The Bertz CT molecular complexity index is 1080. The monoisotopic (exact) mass is 394 g/mol. The summed E-state index contributed by atoms with van der Waals surface area (Å²) in [6, 6.07) is 7.24. The van der Waals surface area contributed by atoms with Gasteiger partial charge in [-0.1, -0.05) is 0 Å². The molecule has 1 aromatic carbocycles. The fraction of sp³-hybridized carbons (Fsp3) is 0.300. The number of methoxy groups -OCH3 is 2. The van der Waals surface area contributed by atoms with Gasteiger partial charge in [0.2, 0.25) is 5.95 Å². The number of amides is 1. The Morgan fingerprint density at radius 2 is 2.03 bits per heavy atom. The van der Waals surface area contributed by atoms with Gasteiger partial charge in [-0.05, 0) is 36.2 Å². The van der Waals surface area contributed by atoms with Crippen molar-refractivity contribution in [1.29, 1.82) is 0 Å². The molecule has 0 saturated carbocycles. The fourth-order valence-electron chi connectivity index (χ4n) is 3.47. The predicted octanol–water partition coefficient (Wildman–Crippen LogP) is 1.67. The summed E-state index contributed by atoms with van der Waals surface area (Å²) in [4.78, 5) is 23.2. The second-order valence-electron chi connectivity index (χ2n) is 6.78. The van der Waals surface area contributed by atoms with Gasteiger partial charge in [0.25, 0.3) is 5.91 Å². The van der Waals surface area contributed by atoms with Gasteiger partial charge < -0.3 is 20.1 Å². The standard InChI is InChI=1S/C20H22N6O3/c1-25-17(9-15(24-25)14-8-13(28-2)4-5-18(14)29-3)19(27)26-7-6-12-10-22-20(21)23-16(12)11-26/h4-5,8-10H,6-7,11H2,1-3H3,(H2,21,22,23). The average molecular weight is 394 g/mol. The van der Waals surface area contributed by atoms with E-state index >= 15 is 0 Å². The van der Waals surface area contributed by atoms with Gasteiger partial charge in [0.05, 0.1) is 32.2 Å². The van der Waals surface area contributed by atoms with E-state index in [4.69, 9.17) is 15.2 Å². The Morgan fingerprint density at radius 3 is 2.79 bits per heavy atom. The third kappa shape index (κ3) is 3.46. The lowest BCUT2D eigenvalue weighted by Gasteiger charge is -2.27. The summed E-state index contributed by atoms with van der Waals surface area (Å²) < 4.78 is 12.3. The molecule has 0 atom stereocenters. The minimum Gasteiger partial charge on any atom is -0.497 e. The van der Waals surface area contributed by atoms with Gasteiger partial charge in [0, 0.05) is 25.4 Å². The quantitative estimate of drug-likeness (QED) is 0.717. The molecule has 0 saturated heterocycles. The number of aryl methyl sites for hydroxylation is 1. The number of carbonyl (C=O) groups is 1. The van der Waals surface area contributed by atoms with Crippen molar-refractivity contribution in [3.05, 3.63) is 47.4 Å². The summed E-state index contributed by atoms with van der Waals surface area (Å²) >= 11 is 0. The fourth-order valence-corrected chi connectivity index (χ4v) is 3.47. The number of nitrogen functional groups attached to an aromatic ring is 1. The molecule has 0 radical (unpaired) electrons. The summed E-state index contributed by atoms with van der Waals surface area (Å²) in [5.41, 5.74) is 9.38. The van der Waals surface area contributed by atoms with Crippen molar-refractivity contribution in [3.63, 3.8) is 0 Å². The normalized spacial score (nSPS) is 13.1. The van der Waals surface area contributed by atoms with Crippen molar-refractivity contribution < 1.29 is 14.3 Å². The molecular formula is C20H22N6O3. The van der Waals surface area contributed by atoms with Crippen LogP contribution in [0.2, 0.25) is 0 Å². The Hall–Kier alpha value is -3.62. The molecule has 0 spiro atoms. The van der Waals surface area contributed by atoms with Gasteiger partial charge in [-0.15, -0.1) is 0 Å². The topological polar surface area (TPSA) is 108 Å². The first-order chi connectivity index (χ1) is 14.0. The molecule has 0 fully saturated rings. The van der Waals surface area contributed by atoms with E-state index in [1.807, 2.05) is 18.2 Å². The van der Waals surface area contributed by atoms with Crippen LogP contribution in [0.25, 0.3) is 11.3 Å². The average Bonchev–Trinajstić information content (AvgIpc) is 3.13. The van der Waals surface area contributed by atoms with E-state index in [1.54, 1.807) is 43.1 Å². The molecule has 0 unspecified atom stereocenters. The second-order valence-corrected chi connectivity index (χ2v) is 6.78. The summed E-state index contributed by atoms with van der Waals surface area (Å²) in [7, 11) is 4.95. The smallest absolute Gasteiger partial charge is 0.272 e. The summed E-state index contributed by atoms with van der Waals surface area (Å²) in [5, 5.41) is 4.53. The number of aromatic nitrogens is 4. The highest BCUT2D eigenvalue weighted by Gasteiger charge is 2.26. The number of anilines is 1. The Labute approximate surface area is 168 Å². The molecule has 0 bridgehead atoms. The molecule has 1 aliphatic rings. The summed E-state index contributed by atoms with van der Waals surface area (Å²) in [6.45, 7) is 0.978. The number of nitrogens with two attached hydrogens (primary N) is 1. The number of rotatable bonds is 4. The van der Waals surface area contributed by atoms with E-state index in [2.05, 4.69) is 15.1 Å². The van der Waals surface area contributed by atoms with Gasteiger partial charge in [0.15, 0.2) is 0 Å². The molecule has 4 rings (SSSR count). The first-order valence-electron chi connectivity index (χ1n) is 9.16. The molecule has 3 aromatic rings. The van der Waals surface area contributed by atoms with E-state index in [0.717, 1.165) is 16.8 Å². The van der Waals surface area contributed by atoms with E-state index < -0.39 is 0 Å². The Morgan fingerprint density at radius 1 is 1.21 bits per heavy atom. The first kappa shape index (κ1) is 18.7. The van der Waals surface area contributed by atoms with Crippen LogP contribution in [0.1, 0.15) is 21.7 Å². The van der Waals surface area contributed by atoms with Gasteiger partial charge >= 0.3 is 0 Å². The highest BCUT2D eigenvalue weighted by Crippen LogP contribution is 2.33. The van der Waals surface area contributed by atoms with Crippen LogP contribution in [0.5, 0.6) is 11.5 Å². The van der Waals surface area contributed by atoms with Crippen LogP contribution in [0.15, 0.2) is 30.5 Å². The molecule has 9 heteroatoms. The van der Waals surface area contributed by atoms with E-state index in [9.17, 15) is 4.79 Å². The first-order valence-corrected chi connectivity index (χ1v) is 9.16. The zero-order chi connectivity index (χ0) is 20.5. The number of carbonyl (C=O) groups excluding carboxylic acids is 1. The van der Waals surface area contributed by atoms with Crippen LogP contribution in [-0.2, 0) is 20.0 Å². The second kappa shape index (κ2) is 7.42. The molecule has 1 aliphatic heterocycles. The predicted molar refractivity (Wildman–Crippen MR) is 107 cm³/mol. The number of hydrogen-bond acceptors (Lipinski definition) is 7. The molecule has 3 heterocycles. The lowest BCUT2D eigenvalue weighted by atomic mass is 10.1. The van der Waals surface area contributed by atoms with Crippen molar-refractivity contribution >= 4 is 11.9 Å².